The molecule has 4 nitrogen and oxygen atoms in total. The van der Waals surface area contributed by atoms with Crippen LogP contribution in [-0.2, 0) is 25.8 Å². The normalized spacial score (nSPS) is 13.1. The number of nitrogens with zero attached hydrogens (tertiary/aromatic N) is 2. The van der Waals surface area contributed by atoms with Crippen LogP contribution in [0.15, 0.2) is 24.3 Å². The molecule has 4 heteroatoms. The zero-order valence-electron chi connectivity index (χ0n) is 12.1. The summed E-state index contributed by atoms with van der Waals surface area (Å²) < 4.78 is 7.28. The highest BCUT2D eigenvalue weighted by Crippen LogP contribution is 2.26. The Bertz CT molecular complexity index is 587. The Hall–Kier alpha value is -1.97. The smallest absolute Gasteiger partial charge is 0.127 e. The Morgan fingerprint density at radius 3 is 2.75 bits per heavy atom. The SMILES string of the molecule is CCn1nc(CCc2ccc(OC)cc2)c2c1NCC2. The fourth-order valence-electron chi connectivity index (χ4n) is 2.80. The minimum atomic E-state index is 0.911. The monoisotopic (exact) mass is 271 g/mol. The lowest BCUT2D eigenvalue weighted by Crippen LogP contribution is -2.05. The molecule has 0 unspecified atom stereocenters. The van der Waals surface area contributed by atoms with Gasteiger partial charge in [0.1, 0.15) is 11.6 Å². The molecule has 1 aliphatic rings. The van der Waals surface area contributed by atoms with E-state index in [9.17, 15) is 0 Å². The van der Waals surface area contributed by atoms with Gasteiger partial charge < -0.3 is 10.1 Å². The third-order valence-electron chi connectivity index (χ3n) is 3.91. The van der Waals surface area contributed by atoms with Crippen molar-refractivity contribution in [3.63, 3.8) is 0 Å². The number of anilines is 1. The molecule has 0 fully saturated rings. The Kier molecular flexibility index (Phi) is 3.63. The number of fused-ring (bicyclic) bond motifs is 1. The van der Waals surface area contributed by atoms with Crippen molar-refractivity contribution in [3.8, 4) is 5.75 Å². The zero-order chi connectivity index (χ0) is 13.9. The largest absolute Gasteiger partial charge is 0.497 e. The molecule has 0 amide bonds. The first kappa shape index (κ1) is 13.0. The molecule has 106 valence electrons. The van der Waals surface area contributed by atoms with Gasteiger partial charge in [-0.15, -0.1) is 0 Å². The van der Waals surface area contributed by atoms with Crippen LogP contribution in [0.2, 0.25) is 0 Å². The van der Waals surface area contributed by atoms with Gasteiger partial charge in [-0.25, -0.2) is 4.68 Å². The molecule has 2 aromatic rings. The highest BCUT2D eigenvalue weighted by atomic mass is 16.5. The number of nitrogens with one attached hydrogen (secondary N) is 1. The van der Waals surface area contributed by atoms with Crippen LogP contribution >= 0.6 is 0 Å². The molecule has 0 bridgehead atoms. The van der Waals surface area contributed by atoms with Crippen LogP contribution in [0.3, 0.4) is 0 Å². The lowest BCUT2D eigenvalue weighted by molar-refractivity contribution is 0.414. The number of ether oxygens (including phenoxy) is 1. The van der Waals surface area contributed by atoms with Gasteiger partial charge in [0.15, 0.2) is 0 Å². The number of benzene rings is 1. The highest BCUT2D eigenvalue weighted by molar-refractivity contribution is 5.52. The summed E-state index contributed by atoms with van der Waals surface area (Å²) in [6.07, 6.45) is 3.13. The van der Waals surface area contributed by atoms with Crippen molar-refractivity contribution in [2.75, 3.05) is 19.0 Å². The van der Waals surface area contributed by atoms with Gasteiger partial charge in [0.2, 0.25) is 0 Å². The molecule has 20 heavy (non-hydrogen) atoms. The predicted molar refractivity (Wildman–Crippen MR) is 80.5 cm³/mol. The lowest BCUT2D eigenvalue weighted by atomic mass is 10.1. The summed E-state index contributed by atoms with van der Waals surface area (Å²) in [6, 6.07) is 8.31. The predicted octanol–water partition coefficient (Wildman–Crippen LogP) is 2.66. The number of rotatable bonds is 5. The summed E-state index contributed by atoms with van der Waals surface area (Å²) in [6.45, 7) is 4.11. The van der Waals surface area contributed by atoms with Crippen molar-refractivity contribution >= 4 is 5.82 Å². The molecule has 0 aliphatic carbocycles. The van der Waals surface area contributed by atoms with Crippen LogP contribution in [0.4, 0.5) is 5.82 Å². The second-order valence-electron chi connectivity index (χ2n) is 5.11. The maximum atomic E-state index is 5.19. The number of methoxy groups -OCH3 is 1. The lowest BCUT2D eigenvalue weighted by Gasteiger charge is -2.03. The topological polar surface area (TPSA) is 39.1 Å². The maximum absolute atomic E-state index is 5.19. The fraction of sp³-hybridized carbons (Fsp3) is 0.438. The fourth-order valence-corrected chi connectivity index (χ4v) is 2.80. The molecule has 1 aromatic heterocycles. The first-order valence-corrected chi connectivity index (χ1v) is 7.27. The molecule has 0 radical (unpaired) electrons. The second-order valence-corrected chi connectivity index (χ2v) is 5.11. The van der Waals surface area contributed by atoms with Crippen LogP contribution < -0.4 is 10.1 Å². The molecule has 0 saturated heterocycles. The van der Waals surface area contributed by atoms with Crippen molar-refractivity contribution in [2.45, 2.75) is 32.7 Å². The van der Waals surface area contributed by atoms with Crippen molar-refractivity contribution < 1.29 is 4.74 Å². The van der Waals surface area contributed by atoms with Gasteiger partial charge >= 0.3 is 0 Å². The van der Waals surface area contributed by atoms with Crippen molar-refractivity contribution in [1.29, 1.82) is 0 Å². The summed E-state index contributed by atoms with van der Waals surface area (Å²) in [5, 5.41) is 8.17. The third-order valence-corrected chi connectivity index (χ3v) is 3.91. The van der Waals surface area contributed by atoms with E-state index in [1.807, 2.05) is 12.1 Å². The molecule has 3 rings (SSSR count). The van der Waals surface area contributed by atoms with E-state index >= 15 is 0 Å². The number of aromatic nitrogens is 2. The van der Waals surface area contributed by atoms with Crippen LogP contribution in [0.5, 0.6) is 5.75 Å². The van der Waals surface area contributed by atoms with E-state index in [2.05, 4.69) is 29.1 Å². The number of aryl methyl sites for hydroxylation is 3. The van der Waals surface area contributed by atoms with Gasteiger partial charge in [0.05, 0.1) is 12.8 Å². The summed E-state index contributed by atoms with van der Waals surface area (Å²) in [7, 11) is 1.70. The number of hydrogen-bond donors (Lipinski definition) is 1. The second kappa shape index (κ2) is 5.57. The Balaban J connectivity index is 1.72. The van der Waals surface area contributed by atoms with Gasteiger partial charge in [-0.3, -0.25) is 0 Å². The average Bonchev–Trinajstić information content (AvgIpc) is 3.08. The van der Waals surface area contributed by atoms with E-state index in [-0.39, 0.29) is 0 Å². The quantitative estimate of drug-likeness (QED) is 0.908. The molecule has 0 atom stereocenters. The maximum Gasteiger partial charge on any atom is 0.127 e. The van der Waals surface area contributed by atoms with E-state index in [4.69, 9.17) is 9.84 Å². The molecule has 1 aliphatic heterocycles. The van der Waals surface area contributed by atoms with Gasteiger partial charge in [0.25, 0.3) is 0 Å². The minimum Gasteiger partial charge on any atom is -0.497 e. The van der Waals surface area contributed by atoms with E-state index in [0.717, 1.165) is 38.1 Å². The molecule has 2 heterocycles. The van der Waals surface area contributed by atoms with Gasteiger partial charge in [-0.2, -0.15) is 5.10 Å². The van der Waals surface area contributed by atoms with Gasteiger partial charge in [-0.1, -0.05) is 12.1 Å². The zero-order valence-corrected chi connectivity index (χ0v) is 12.1. The third kappa shape index (κ3) is 2.38. The van der Waals surface area contributed by atoms with Crippen LogP contribution in [-0.4, -0.2) is 23.4 Å². The van der Waals surface area contributed by atoms with Crippen molar-refractivity contribution in [1.82, 2.24) is 9.78 Å². The summed E-state index contributed by atoms with van der Waals surface area (Å²) in [5.41, 5.74) is 4.00. The molecule has 1 aromatic carbocycles. The van der Waals surface area contributed by atoms with Gasteiger partial charge in [0, 0.05) is 18.7 Å². The van der Waals surface area contributed by atoms with Gasteiger partial charge in [-0.05, 0) is 43.9 Å². The average molecular weight is 271 g/mol. The first-order valence-electron chi connectivity index (χ1n) is 7.27. The Morgan fingerprint density at radius 2 is 2.05 bits per heavy atom. The van der Waals surface area contributed by atoms with E-state index in [1.54, 1.807) is 7.11 Å². The minimum absolute atomic E-state index is 0.911. The number of hydrogen-bond acceptors (Lipinski definition) is 3. The first-order chi connectivity index (χ1) is 9.81. The standard InChI is InChI=1S/C16H21N3O/c1-3-19-16-14(10-11-17-16)15(18-19)9-6-12-4-7-13(20-2)8-5-12/h4-5,7-8,17H,3,6,9-11H2,1-2H3. The Labute approximate surface area is 119 Å². The van der Waals surface area contributed by atoms with E-state index in [0.29, 0.717) is 0 Å². The summed E-state index contributed by atoms with van der Waals surface area (Å²) >= 11 is 0. The van der Waals surface area contributed by atoms with E-state index < -0.39 is 0 Å². The molecular weight excluding hydrogens is 250 g/mol. The van der Waals surface area contributed by atoms with Crippen molar-refractivity contribution in [2.24, 2.45) is 0 Å². The summed E-state index contributed by atoms with van der Waals surface area (Å²) in [4.78, 5) is 0. The molecule has 0 spiro atoms. The Morgan fingerprint density at radius 1 is 1.25 bits per heavy atom. The van der Waals surface area contributed by atoms with Crippen LogP contribution in [0.25, 0.3) is 0 Å². The summed E-state index contributed by atoms with van der Waals surface area (Å²) in [5.74, 6) is 2.14. The highest BCUT2D eigenvalue weighted by Gasteiger charge is 2.20. The van der Waals surface area contributed by atoms with Crippen molar-refractivity contribution in [3.05, 3.63) is 41.1 Å². The van der Waals surface area contributed by atoms with Crippen LogP contribution in [0, 0.1) is 0 Å². The molecular formula is C16H21N3O. The van der Waals surface area contributed by atoms with E-state index in [1.165, 1.54) is 22.6 Å². The molecule has 0 saturated carbocycles. The van der Waals surface area contributed by atoms with Crippen LogP contribution in [0.1, 0.15) is 23.7 Å². The molecule has 1 N–H and O–H groups in total.